The van der Waals surface area contributed by atoms with Crippen molar-refractivity contribution in [2.75, 3.05) is 27.4 Å². The molecule has 0 N–H and O–H groups in total. The number of benzene rings is 2. The lowest BCUT2D eigenvalue weighted by Gasteiger charge is -2.36. The van der Waals surface area contributed by atoms with Crippen molar-refractivity contribution in [2.24, 2.45) is 0 Å². The van der Waals surface area contributed by atoms with Gasteiger partial charge in [-0.2, -0.15) is 13.2 Å². The molecular weight excluding hydrogens is 558 g/mol. The Bertz CT molecular complexity index is 1560. The average molecular weight is 580 g/mol. The van der Waals surface area contributed by atoms with Gasteiger partial charge in [0, 0.05) is 24.2 Å². The summed E-state index contributed by atoms with van der Waals surface area (Å²) >= 11 is 12.1. The van der Waals surface area contributed by atoms with Gasteiger partial charge in [0.15, 0.2) is 18.1 Å². The molecule has 1 aliphatic heterocycles. The molecule has 39 heavy (non-hydrogen) atoms. The second-order valence-electron chi connectivity index (χ2n) is 8.80. The maximum atomic E-state index is 13.6. The number of ether oxygens (including phenoxy) is 3. The number of amides is 1. The standard InChI is InChI=1S/C27H22Cl2F3N3O4/c1-37-21-5-3-15(11-22(21)38-2)25-26-19(33-23-12-16(27(30,31)32)7-9-34(23)26)8-10-35(25)24(36)14-39-20-6-4-17(28)13-18(20)29/h3-7,9,11-13,25H,8,10,14H2,1-2H3. The molecule has 0 aliphatic carbocycles. The van der Waals surface area contributed by atoms with Crippen LogP contribution in [0, 0.1) is 0 Å². The fourth-order valence-electron chi connectivity index (χ4n) is 4.71. The molecule has 0 fully saturated rings. The predicted octanol–water partition coefficient (Wildman–Crippen LogP) is 6.23. The third-order valence-corrected chi connectivity index (χ3v) is 7.05. The third kappa shape index (κ3) is 5.18. The number of alkyl halides is 3. The fourth-order valence-corrected chi connectivity index (χ4v) is 5.17. The lowest BCUT2D eigenvalue weighted by atomic mass is 9.95. The van der Waals surface area contributed by atoms with Crippen LogP contribution in [0.4, 0.5) is 13.2 Å². The Hall–Kier alpha value is -3.63. The number of hydrogen-bond acceptors (Lipinski definition) is 5. The number of imidazole rings is 1. The summed E-state index contributed by atoms with van der Waals surface area (Å²) in [7, 11) is 3.00. The van der Waals surface area contributed by atoms with Gasteiger partial charge in [-0.25, -0.2) is 4.98 Å². The number of carbonyl (C=O) groups is 1. The maximum absolute atomic E-state index is 13.6. The Morgan fingerprint density at radius 2 is 1.77 bits per heavy atom. The summed E-state index contributed by atoms with van der Waals surface area (Å²) in [5.41, 5.74) is 1.17. The van der Waals surface area contributed by atoms with Gasteiger partial charge in [0.05, 0.1) is 42.2 Å². The van der Waals surface area contributed by atoms with Crippen LogP contribution in [0.3, 0.4) is 0 Å². The van der Waals surface area contributed by atoms with Gasteiger partial charge in [-0.15, -0.1) is 0 Å². The summed E-state index contributed by atoms with van der Waals surface area (Å²) in [6.45, 7) is -0.0615. The smallest absolute Gasteiger partial charge is 0.416 e. The molecule has 1 amide bonds. The van der Waals surface area contributed by atoms with Gasteiger partial charge in [-0.3, -0.25) is 4.79 Å². The lowest BCUT2D eigenvalue weighted by Crippen LogP contribution is -2.43. The first-order chi connectivity index (χ1) is 18.6. The third-order valence-electron chi connectivity index (χ3n) is 6.52. The normalized spacial score (nSPS) is 15.3. The van der Waals surface area contributed by atoms with Gasteiger partial charge in [0.25, 0.3) is 5.91 Å². The molecule has 0 bridgehead atoms. The van der Waals surface area contributed by atoms with Gasteiger partial charge in [0.1, 0.15) is 11.4 Å². The Morgan fingerprint density at radius 1 is 1.03 bits per heavy atom. The number of carbonyl (C=O) groups excluding carboxylic acids is 1. The molecule has 0 spiro atoms. The fraction of sp³-hybridized carbons (Fsp3) is 0.259. The first kappa shape index (κ1) is 27.0. The zero-order valence-corrected chi connectivity index (χ0v) is 22.3. The quantitative estimate of drug-likeness (QED) is 0.271. The number of methoxy groups -OCH3 is 2. The van der Waals surface area contributed by atoms with E-state index in [9.17, 15) is 18.0 Å². The average Bonchev–Trinajstić information content (AvgIpc) is 3.29. The van der Waals surface area contributed by atoms with E-state index in [1.165, 1.54) is 26.5 Å². The first-order valence-electron chi connectivity index (χ1n) is 11.8. The van der Waals surface area contributed by atoms with Crippen LogP contribution in [-0.2, 0) is 17.4 Å². The molecule has 3 heterocycles. The topological polar surface area (TPSA) is 65.3 Å². The molecule has 0 saturated carbocycles. The number of rotatable bonds is 6. The second kappa shape index (κ2) is 10.5. The lowest BCUT2D eigenvalue weighted by molar-refractivity contribution is -0.137. The minimum absolute atomic E-state index is 0.138. The summed E-state index contributed by atoms with van der Waals surface area (Å²) in [5, 5.41) is 0.687. The Labute approximate surface area is 231 Å². The van der Waals surface area contributed by atoms with E-state index in [0.29, 0.717) is 45.6 Å². The van der Waals surface area contributed by atoms with Crippen LogP contribution in [0.2, 0.25) is 10.0 Å². The Kier molecular flexibility index (Phi) is 7.26. The largest absolute Gasteiger partial charge is 0.493 e. The SMILES string of the molecule is COc1ccc(C2c3c(nc4cc(C(F)(F)F)ccn34)CCN2C(=O)COc2ccc(Cl)cc2Cl)cc1OC. The molecule has 2 aromatic carbocycles. The van der Waals surface area contributed by atoms with E-state index >= 15 is 0 Å². The number of pyridine rings is 1. The van der Waals surface area contributed by atoms with Gasteiger partial charge in [0.2, 0.25) is 0 Å². The zero-order valence-electron chi connectivity index (χ0n) is 20.8. The van der Waals surface area contributed by atoms with Gasteiger partial charge >= 0.3 is 6.18 Å². The van der Waals surface area contributed by atoms with Crippen LogP contribution < -0.4 is 14.2 Å². The minimum atomic E-state index is -4.51. The highest BCUT2D eigenvalue weighted by Gasteiger charge is 2.37. The summed E-state index contributed by atoms with van der Waals surface area (Å²) in [6.07, 6.45) is -2.84. The first-order valence-corrected chi connectivity index (χ1v) is 12.5. The van der Waals surface area contributed by atoms with E-state index in [4.69, 9.17) is 37.4 Å². The zero-order chi connectivity index (χ0) is 27.9. The monoisotopic (exact) mass is 579 g/mol. The molecular formula is C27H22Cl2F3N3O4. The van der Waals surface area contributed by atoms with E-state index in [2.05, 4.69) is 4.98 Å². The summed E-state index contributed by atoms with van der Waals surface area (Å²) in [4.78, 5) is 19.7. The molecule has 1 unspecified atom stereocenters. The van der Waals surface area contributed by atoms with Crippen molar-refractivity contribution in [3.05, 3.63) is 87.3 Å². The summed E-state index contributed by atoms with van der Waals surface area (Å²) in [5.74, 6) is 0.869. The van der Waals surface area contributed by atoms with Crippen LogP contribution in [0.15, 0.2) is 54.7 Å². The van der Waals surface area contributed by atoms with Crippen LogP contribution in [0.5, 0.6) is 17.2 Å². The van der Waals surface area contributed by atoms with E-state index in [-0.39, 0.29) is 29.7 Å². The molecule has 204 valence electrons. The number of nitrogens with zero attached hydrogens (tertiary/aromatic N) is 3. The van der Waals surface area contributed by atoms with Crippen LogP contribution in [0.1, 0.15) is 28.6 Å². The van der Waals surface area contributed by atoms with E-state index in [1.807, 2.05) is 0 Å². The summed E-state index contributed by atoms with van der Waals surface area (Å²) in [6, 6.07) is 11.2. The Morgan fingerprint density at radius 3 is 2.46 bits per heavy atom. The Balaban J connectivity index is 1.57. The van der Waals surface area contributed by atoms with Gasteiger partial charge in [-0.05, 0) is 48.0 Å². The predicted molar refractivity (Wildman–Crippen MR) is 139 cm³/mol. The van der Waals surface area contributed by atoms with Crippen molar-refractivity contribution in [1.82, 2.24) is 14.3 Å². The minimum Gasteiger partial charge on any atom is -0.493 e. The molecule has 1 aliphatic rings. The highest BCUT2D eigenvalue weighted by molar-refractivity contribution is 6.35. The molecule has 4 aromatic rings. The molecule has 7 nitrogen and oxygen atoms in total. The van der Waals surface area contributed by atoms with Crippen molar-refractivity contribution in [3.63, 3.8) is 0 Å². The second-order valence-corrected chi connectivity index (χ2v) is 9.65. The van der Waals surface area contributed by atoms with Gasteiger partial charge < -0.3 is 23.5 Å². The number of hydrogen-bond donors (Lipinski definition) is 0. The molecule has 2 aromatic heterocycles. The van der Waals surface area contributed by atoms with Gasteiger partial charge in [-0.1, -0.05) is 29.3 Å². The van der Waals surface area contributed by atoms with E-state index in [1.54, 1.807) is 39.6 Å². The molecule has 5 rings (SSSR count). The van der Waals surface area contributed by atoms with Crippen LogP contribution in [0.25, 0.3) is 5.65 Å². The van der Waals surface area contributed by atoms with Crippen LogP contribution >= 0.6 is 23.2 Å². The van der Waals surface area contributed by atoms with E-state index < -0.39 is 17.8 Å². The van der Waals surface area contributed by atoms with E-state index in [0.717, 1.165) is 12.1 Å². The molecule has 0 radical (unpaired) electrons. The highest BCUT2D eigenvalue weighted by atomic mass is 35.5. The van der Waals surface area contributed by atoms with Crippen molar-refractivity contribution in [3.8, 4) is 17.2 Å². The molecule has 1 atom stereocenters. The molecule has 0 saturated heterocycles. The highest BCUT2D eigenvalue weighted by Crippen LogP contribution is 2.40. The number of aromatic nitrogens is 2. The number of fused-ring (bicyclic) bond motifs is 3. The number of halogens is 5. The van der Waals surface area contributed by atoms with Crippen molar-refractivity contribution in [1.29, 1.82) is 0 Å². The van der Waals surface area contributed by atoms with Crippen molar-refractivity contribution in [2.45, 2.75) is 18.6 Å². The van der Waals surface area contributed by atoms with Crippen molar-refractivity contribution >= 4 is 34.8 Å². The maximum Gasteiger partial charge on any atom is 0.416 e. The van der Waals surface area contributed by atoms with Crippen LogP contribution in [-0.4, -0.2) is 47.6 Å². The summed E-state index contributed by atoms with van der Waals surface area (Å²) < 4.78 is 58.3. The molecule has 12 heteroatoms. The van der Waals surface area contributed by atoms with Crippen molar-refractivity contribution < 1.29 is 32.2 Å².